The van der Waals surface area contributed by atoms with Crippen LogP contribution in [0.5, 0.6) is 0 Å². The van der Waals surface area contributed by atoms with Crippen LogP contribution >= 0.6 is 0 Å². The highest BCUT2D eigenvalue weighted by Gasteiger charge is 2.32. The fraction of sp³-hybridized carbons (Fsp3) is 0.667. The number of hydrogen-bond acceptors (Lipinski definition) is 3. The standard InChI is InChI=1S/C9H15NO2/c1-4-12-9(11)8-7(3)6(2)5-10-8/h7-8,10H,2,4-5H2,1,3H3. The van der Waals surface area contributed by atoms with E-state index in [1.807, 2.05) is 13.8 Å². The molecular formula is C9H15NO2. The molecule has 1 aliphatic heterocycles. The van der Waals surface area contributed by atoms with Crippen molar-refractivity contribution in [1.82, 2.24) is 5.32 Å². The molecule has 12 heavy (non-hydrogen) atoms. The second-order valence-corrected chi connectivity index (χ2v) is 3.06. The van der Waals surface area contributed by atoms with Gasteiger partial charge in [0, 0.05) is 12.5 Å². The SMILES string of the molecule is C=C1CNC(C(=O)OCC)C1C. The van der Waals surface area contributed by atoms with Crippen molar-refractivity contribution in [2.45, 2.75) is 19.9 Å². The Kier molecular flexibility index (Phi) is 2.87. The second-order valence-electron chi connectivity index (χ2n) is 3.06. The molecule has 1 saturated heterocycles. The van der Waals surface area contributed by atoms with E-state index < -0.39 is 0 Å². The Morgan fingerprint density at radius 3 is 2.92 bits per heavy atom. The minimum absolute atomic E-state index is 0.163. The van der Waals surface area contributed by atoms with Crippen molar-refractivity contribution >= 4 is 5.97 Å². The minimum Gasteiger partial charge on any atom is -0.465 e. The summed E-state index contributed by atoms with van der Waals surface area (Å²) in [4.78, 5) is 11.3. The van der Waals surface area contributed by atoms with E-state index in [4.69, 9.17) is 4.74 Å². The summed E-state index contributed by atoms with van der Waals surface area (Å²) in [7, 11) is 0. The molecule has 68 valence electrons. The van der Waals surface area contributed by atoms with E-state index in [9.17, 15) is 4.79 Å². The summed E-state index contributed by atoms with van der Waals surface area (Å²) in [5.41, 5.74) is 1.08. The smallest absolute Gasteiger partial charge is 0.323 e. The normalized spacial score (nSPS) is 29.0. The monoisotopic (exact) mass is 169 g/mol. The van der Waals surface area contributed by atoms with Gasteiger partial charge in [-0.25, -0.2) is 0 Å². The summed E-state index contributed by atoms with van der Waals surface area (Å²) < 4.78 is 4.90. The Hall–Kier alpha value is -0.830. The average Bonchev–Trinajstić information content (AvgIpc) is 2.34. The first-order valence-electron chi connectivity index (χ1n) is 4.24. The van der Waals surface area contributed by atoms with Crippen LogP contribution in [0.2, 0.25) is 0 Å². The molecule has 1 N–H and O–H groups in total. The van der Waals surface area contributed by atoms with Crippen LogP contribution in [0.1, 0.15) is 13.8 Å². The Balaban J connectivity index is 2.53. The molecule has 0 amide bonds. The van der Waals surface area contributed by atoms with E-state index in [0.29, 0.717) is 6.61 Å². The molecular weight excluding hydrogens is 154 g/mol. The van der Waals surface area contributed by atoms with Crippen LogP contribution in [0.3, 0.4) is 0 Å². The van der Waals surface area contributed by atoms with Gasteiger partial charge in [-0.15, -0.1) is 0 Å². The van der Waals surface area contributed by atoms with Gasteiger partial charge in [0.1, 0.15) is 6.04 Å². The van der Waals surface area contributed by atoms with Gasteiger partial charge in [-0.2, -0.15) is 0 Å². The highest BCUT2D eigenvalue weighted by Crippen LogP contribution is 2.19. The number of esters is 1. The summed E-state index contributed by atoms with van der Waals surface area (Å²) in [6.45, 7) is 8.83. The quantitative estimate of drug-likeness (QED) is 0.489. The molecule has 1 heterocycles. The van der Waals surface area contributed by atoms with Gasteiger partial charge in [-0.3, -0.25) is 4.79 Å². The molecule has 3 nitrogen and oxygen atoms in total. The second kappa shape index (κ2) is 3.72. The van der Waals surface area contributed by atoms with E-state index in [1.54, 1.807) is 0 Å². The van der Waals surface area contributed by atoms with Crippen LogP contribution in [0.15, 0.2) is 12.2 Å². The van der Waals surface area contributed by atoms with Crippen molar-refractivity contribution in [1.29, 1.82) is 0 Å². The average molecular weight is 169 g/mol. The topological polar surface area (TPSA) is 38.3 Å². The molecule has 1 aliphatic rings. The molecule has 0 radical (unpaired) electrons. The molecule has 1 fully saturated rings. The van der Waals surface area contributed by atoms with Gasteiger partial charge in [-0.05, 0) is 6.92 Å². The van der Waals surface area contributed by atoms with Crippen molar-refractivity contribution in [3.8, 4) is 0 Å². The zero-order valence-corrected chi connectivity index (χ0v) is 7.59. The molecule has 0 aromatic rings. The third-order valence-electron chi connectivity index (χ3n) is 2.23. The summed E-state index contributed by atoms with van der Waals surface area (Å²) in [6, 6.07) is -0.183. The lowest BCUT2D eigenvalue weighted by Gasteiger charge is -2.13. The molecule has 0 saturated carbocycles. The summed E-state index contributed by atoms with van der Waals surface area (Å²) >= 11 is 0. The minimum atomic E-state index is -0.183. The fourth-order valence-corrected chi connectivity index (χ4v) is 1.33. The molecule has 0 aliphatic carbocycles. The van der Waals surface area contributed by atoms with Crippen molar-refractivity contribution in [2.24, 2.45) is 5.92 Å². The predicted octanol–water partition coefficient (Wildman–Crippen LogP) is 0.714. The highest BCUT2D eigenvalue weighted by atomic mass is 16.5. The maximum absolute atomic E-state index is 11.3. The fourth-order valence-electron chi connectivity index (χ4n) is 1.33. The third kappa shape index (κ3) is 1.67. The predicted molar refractivity (Wildman–Crippen MR) is 46.7 cm³/mol. The Labute approximate surface area is 72.8 Å². The first-order valence-corrected chi connectivity index (χ1v) is 4.24. The lowest BCUT2D eigenvalue weighted by Crippen LogP contribution is -2.36. The molecule has 0 aromatic carbocycles. The van der Waals surface area contributed by atoms with Crippen LogP contribution in [0.25, 0.3) is 0 Å². The lowest BCUT2D eigenvalue weighted by atomic mass is 10.00. The van der Waals surface area contributed by atoms with E-state index in [0.717, 1.165) is 12.1 Å². The Morgan fingerprint density at radius 1 is 1.83 bits per heavy atom. The molecule has 0 bridgehead atoms. The van der Waals surface area contributed by atoms with Crippen LogP contribution in [0.4, 0.5) is 0 Å². The molecule has 2 atom stereocenters. The van der Waals surface area contributed by atoms with Gasteiger partial charge in [0.2, 0.25) is 0 Å². The number of ether oxygens (including phenoxy) is 1. The molecule has 3 heteroatoms. The zero-order chi connectivity index (χ0) is 9.14. The number of hydrogen-bond donors (Lipinski definition) is 1. The van der Waals surface area contributed by atoms with Crippen molar-refractivity contribution in [2.75, 3.05) is 13.2 Å². The van der Waals surface area contributed by atoms with E-state index in [2.05, 4.69) is 11.9 Å². The Bertz CT molecular complexity index is 201. The highest BCUT2D eigenvalue weighted by molar-refractivity contribution is 5.77. The molecule has 2 unspecified atom stereocenters. The zero-order valence-electron chi connectivity index (χ0n) is 7.59. The van der Waals surface area contributed by atoms with Gasteiger partial charge in [0.05, 0.1) is 6.61 Å². The summed E-state index contributed by atoms with van der Waals surface area (Å²) in [6.07, 6.45) is 0. The molecule has 0 aromatic heterocycles. The van der Waals surface area contributed by atoms with Gasteiger partial charge in [0.25, 0.3) is 0 Å². The number of carbonyl (C=O) groups is 1. The number of nitrogens with one attached hydrogen (secondary N) is 1. The van der Waals surface area contributed by atoms with Crippen LogP contribution in [-0.4, -0.2) is 25.2 Å². The summed E-state index contributed by atoms with van der Waals surface area (Å²) in [5, 5.41) is 3.07. The maximum atomic E-state index is 11.3. The van der Waals surface area contributed by atoms with Crippen molar-refractivity contribution < 1.29 is 9.53 Å². The lowest BCUT2D eigenvalue weighted by molar-refractivity contribution is -0.146. The van der Waals surface area contributed by atoms with Crippen molar-refractivity contribution in [3.05, 3.63) is 12.2 Å². The van der Waals surface area contributed by atoms with Gasteiger partial charge in [0.15, 0.2) is 0 Å². The van der Waals surface area contributed by atoms with Gasteiger partial charge in [-0.1, -0.05) is 19.1 Å². The maximum Gasteiger partial charge on any atom is 0.323 e. The van der Waals surface area contributed by atoms with Gasteiger partial charge < -0.3 is 10.1 Å². The largest absolute Gasteiger partial charge is 0.465 e. The third-order valence-corrected chi connectivity index (χ3v) is 2.23. The van der Waals surface area contributed by atoms with Crippen LogP contribution in [0, 0.1) is 5.92 Å². The first kappa shape index (κ1) is 9.26. The number of rotatable bonds is 2. The Morgan fingerprint density at radius 2 is 2.50 bits per heavy atom. The molecule has 0 spiro atoms. The molecule has 1 rings (SSSR count). The van der Waals surface area contributed by atoms with Crippen LogP contribution in [-0.2, 0) is 9.53 Å². The van der Waals surface area contributed by atoms with Crippen molar-refractivity contribution in [3.63, 3.8) is 0 Å². The van der Waals surface area contributed by atoms with Gasteiger partial charge >= 0.3 is 5.97 Å². The van der Waals surface area contributed by atoms with E-state index >= 15 is 0 Å². The van der Waals surface area contributed by atoms with E-state index in [1.165, 1.54) is 0 Å². The van der Waals surface area contributed by atoms with E-state index in [-0.39, 0.29) is 17.9 Å². The number of carbonyl (C=O) groups excluding carboxylic acids is 1. The summed E-state index contributed by atoms with van der Waals surface area (Å²) in [5.74, 6) is 0.0349. The first-order chi connectivity index (χ1) is 5.66. The van der Waals surface area contributed by atoms with Crippen LogP contribution < -0.4 is 5.32 Å².